The van der Waals surface area contributed by atoms with Crippen molar-refractivity contribution in [2.24, 2.45) is 5.73 Å². The Bertz CT molecular complexity index is 909. The average molecular weight is 378 g/mol. The minimum Gasteiger partial charge on any atom is -0.457 e. The zero-order chi connectivity index (χ0) is 19.3. The number of carbonyl (C=O) groups is 2. The zero-order valence-electron chi connectivity index (χ0n) is 14.2. The molecular formula is C17H18N2O6S. The van der Waals surface area contributed by atoms with E-state index in [-0.39, 0.29) is 17.1 Å². The summed E-state index contributed by atoms with van der Waals surface area (Å²) in [6.45, 7) is -0.0349. The van der Waals surface area contributed by atoms with Crippen LogP contribution in [0.2, 0.25) is 0 Å². The highest BCUT2D eigenvalue weighted by atomic mass is 32.2. The van der Waals surface area contributed by atoms with E-state index >= 15 is 0 Å². The lowest BCUT2D eigenvalue weighted by molar-refractivity contribution is -0.0258. The summed E-state index contributed by atoms with van der Waals surface area (Å²) in [5.41, 5.74) is 6.25. The van der Waals surface area contributed by atoms with Gasteiger partial charge in [-0.25, -0.2) is 13.2 Å². The summed E-state index contributed by atoms with van der Waals surface area (Å²) in [6, 6.07) is 11.7. The first-order valence-electron chi connectivity index (χ1n) is 7.44. The third kappa shape index (κ3) is 4.45. The quantitative estimate of drug-likeness (QED) is 0.574. The average Bonchev–Trinajstić information content (AvgIpc) is 2.65. The number of carbonyl (C=O) groups excluding carboxylic acids is 2. The molecule has 2 aromatic carbocycles. The fourth-order valence-corrected chi connectivity index (χ4v) is 3.05. The molecule has 0 aromatic heterocycles. The van der Waals surface area contributed by atoms with Crippen LogP contribution in [-0.2, 0) is 26.2 Å². The first-order valence-corrected chi connectivity index (χ1v) is 8.88. The lowest BCUT2D eigenvalue weighted by Crippen LogP contribution is -2.25. The van der Waals surface area contributed by atoms with Gasteiger partial charge in [-0.1, -0.05) is 22.7 Å². The Kier molecular flexibility index (Phi) is 6.09. The normalized spacial score (nSPS) is 11.3. The van der Waals surface area contributed by atoms with Crippen LogP contribution in [0.5, 0.6) is 0 Å². The minimum atomic E-state index is -3.87. The van der Waals surface area contributed by atoms with Crippen LogP contribution < -0.4 is 5.73 Å². The van der Waals surface area contributed by atoms with Gasteiger partial charge in [-0.15, -0.1) is 0 Å². The maximum Gasteiger partial charge on any atom is 0.338 e. The molecule has 8 nitrogen and oxygen atoms in total. The van der Waals surface area contributed by atoms with E-state index < -0.39 is 21.9 Å². The van der Waals surface area contributed by atoms with Gasteiger partial charge in [0.1, 0.15) is 6.61 Å². The van der Waals surface area contributed by atoms with E-state index in [0.29, 0.717) is 15.6 Å². The molecule has 9 heteroatoms. The van der Waals surface area contributed by atoms with Gasteiger partial charge >= 0.3 is 5.97 Å². The molecule has 0 saturated heterocycles. The molecule has 0 saturated carbocycles. The molecule has 0 aliphatic carbocycles. The molecule has 0 fully saturated rings. The number of ether oxygens (including phenoxy) is 1. The highest BCUT2D eigenvalue weighted by Crippen LogP contribution is 2.17. The fourth-order valence-electron chi connectivity index (χ4n) is 2.03. The number of hydroxylamine groups is 1. The molecular weight excluding hydrogens is 360 g/mol. The third-order valence-corrected chi connectivity index (χ3v) is 5.25. The Labute approximate surface area is 151 Å². The summed E-state index contributed by atoms with van der Waals surface area (Å²) in [6.07, 6.45) is 0. The summed E-state index contributed by atoms with van der Waals surface area (Å²) >= 11 is 0. The van der Waals surface area contributed by atoms with Crippen LogP contribution in [-0.4, -0.2) is 38.9 Å². The first kappa shape index (κ1) is 19.6. The zero-order valence-corrected chi connectivity index (χ0v) is 15.0. The van der Waals surface area contributed by atoms with E-state index in [1.807, 2.05) is 0 Å². The lowest BCUT2D eigenvalue weighted by Gasteiger charge is -2.14. The van der Waals surface area contributed by atoms with Crippen molar-refractivity contribution in [1.82, 2.24) is 4.47 Å². The second-order valence-electron chi connectivity index (χ2n) is 5.26. The van der Waals surface area contributed by atoms with Gasteiger partial charge in [0.15, 0.2) is 0 Å². The van der Waals surface area contributed by atoms with Gasteiger partial charge in [-0.2, -0.15) is 0 Å². The van der Waals surface area contributed by atoms with Crippen molar-refractivity contribution in [1.29, 1.82) is 0 Å². The van der Waals surface area contributed by atoms with E-state index in [0.717, 1.165) is 0 Å². The Morgan fingerprint density at radius 1 is 1.08 bits per heavy atom. The molecule has 2 N–H and O–H groups in total. The predicted molar refractivity (Wildman–Crippen MR) is 92.5 cm³/mol. The van der Waals surface area contributed by atoms with E-state index in [2.05, 4.69) is 0 Å². The van der Waals surface area contributed by atoms with Crippen LogP contribution in [0.25, 0.3) is 0 Å². The number of hydrogen-bond acceptors (Lipinski definition) is 6. The molecule has 2 aromatic rings. The monoisotopic (exact) mass is 378 g/mol. The van der Waals surface area contributed by atoms with Crippen molar-refractivity contribution in [2.45, 2.75) is 11.5 Å². The molecule has 26 heavy (non-hydrogen) atoms. The van der Waals surface area contributed by atoms with Crippen LogP contribution in [0.1, 0.15) is 26.3 Å². The maximum atomic E-state index is 12.2. The number of amides is 1. The van der Waals surface area contributed by atoms with Gasteiger partial charge < -0.3 is 10.5 Å². The predicted octanol–water partition coefficient (Wildman–Crippen LogP) is 1.32. The minimum absolute atomic E-state index is 0.0349. The van der Waals surface area contributed by atoms with Crippen LogP contribution in [0.4, 0.5) is 0 Å². The van der Waals surface area contributed by atoms with Gasteiger partial charge in [0, 0.05) is 12.6 Å². The second-order valence-corrected chi connectivity index (χ2v) is 7.20. The van der Waals surface area contributed by atoms with Gasteiger partial charge in [-0.3, -0.25) is 9.63 Å². The molecule has 0 aliphatic heterocycles. The van der Waals surface area contributed by atoms with E-state index in [4.69, 9.17) is 15.3 Å². The summed E-state index contributed by atoms with van der Waals surface area (Å²) < 4.78 is 30.3. The molecule has 0 aliphatic rings. The molecule has 1 amide bonds. The summed E-state index contributed by atoms with van der Waals surface area (Å²) in [7, 11) is -1.40. The number of primary amides is 1. The second kappa shape index (κ2) is 8.09. The van der Waals surface area contributed by atoms with Crippen LogP contribution in [0, 0.1) is 0 Å². The smallest absolute Gasteiger partial charge is 0.338 e. The molecule has 138 valence electrons. The topological polar surface area (TPSA) is 116 Å². The highest BCUT2D eigenvalue weighted by molar-refractivity contribution is 7.89. The largest absolute Gasteiger partial charge is 0.457 e. The number of hydrogen-bond donors (Lipinski definition) is 1. The van der Waals surface area contributed by atoms with E-state index in [9.17, 15) is 18.0 Å². The SMILES string of the molecule is CON(C)S(=O)(=O)c1cccc(C(=O)OCc2ccc(C(N)=O)cc2)c1. The molecule has 2 rings (SSSR count). The number of nitrogens with two attached hydrogens (primary N) is 1. The molecule has 0 radical (unpaired) electrons. The van der Waals surface area contributed by atoms with Gasteiger partial charge in [-0.05, 0) is 35.9 Å². The Morgan fingerprint density at radius 2 is 1.73 bits per heavy atom. The fraction of sp³-hybridized carbons (Fsp3) is 0.176. The van der Waals surface area contributed by atoms with Crippen molar-refractivity contribution in [3.05, 3.63) is 65.2 Å². The van der Waals surface area contributed by atoms with E-state index in [1.54, 1.807) is 12.1 Å². The third-order valence-electron chi connectivity index (χ3n) is 3.57. The molecule has 0 atom stereocenters. The van der Waals surface area contributed by atoms with Gasteiger partial charge in [0.2, 0.25) is 5.91 Å². The van der Waals surface area contributed by atoms with Crippen LogP contribution >= 0.6 is 0 Å². The first-order chi connectivity index (χ1) is 12.3. The van der Waals surface area contributed by atoms with Crippen molar-refractivity contribution in [3.8, 4) is 0 Å². The standard InChI is InChI=1S/C17H18N2O6S/c1-19(24-2)26(22,23)15-5-3-4-14(10-15)17(21)25-11-12-6-8-13(9-7-12)16(18)20/h3-10H,11H2,1-2H3,(H2,18,20). The summed E-state index contributed by atoms with van der Waals surface area (Å²) in [4.78, 5) is 27.8. The van der Waals surface area contributed by atoms with Gasteiger partial charge in [0.05, 0.1) is 17.6 Å². The Morgan fingerprint density at radius 3 is 2.31 bits per heavy atom. The van der Waals surface area contributed by atoms with Crippen molar-refractivity contribution in [2.75, 3.05) is 14.2 Å². The molecule has 0 bridgehead atoms. The number of sulfonamides is 1. The van der Waals surface area contributed by atoms with Gasteiger partial charge in [0.25, 0.3) is 10.0 Å². The van der Waals surface area contributed by atoms with Crippen molar-refractivity contribution in [3.63, 3.8) is 0 Å². The number of esters is 1. The summed E-state index contributed by atoms with van der Waals surface area (Å²) in [5, 5.41) is 0. The molecule has 0 spiro atoms. The van der Waals surface area contributed by atoms with E-state index in [1.165, 1.54) is 50.6 Å². The summed E-state index contributed by atoms with van der Waals surface area (Å²) in [5.74, 6) is -1.23. The molecule has 0 unspecified atom stereocenters. The number of nitrogens with zero attached hydrogens (tertiary/aromatic N) is 1. The number of benzene rings is 2. The lowest BCUT2D eigenvalue weighted by atomic mass is 10.1. The van der Waals surface area contributed by atoms with Crippen molar-refractivity contribution >= 4 is 21.9 Å². The highest BCUT2D eigenvalue weighted by Gasteiger charge is 2.22. The number of rotatable bonds is 7. The Hall–Kier alpha value is -2.75. The van der Waals surface area contributed by atoms with Crippen LogP contribution in [0.3, 0.4) is 0 Å². The maximum absolute atomic E-state index is 12.2. The Balaban J connectivity index is 2.10. The molecule has 0 heterocycles. The van der Waals surface area contributed by atoms with Crippen molar-refractivity contribution < 1.29 is 27.6 Å². The van der Waals surface area contributed by atoms with Crippen LogP contribution in [0.15, 0.2) is 53.4 Å².